The Kier molecular flexibility index (Phi) is 6.08. The second kappa shape index (κ2) is 9.12. The van der Waals surface area contributed by atoms with Gasteiger partial charge < -0.3 is 14.3 Å². The highest BCUT2D eigenvalue weighted by Gasteiger charge is 2.34. The van der Waals surface area contributed by atoms with Crippen LogP contribution in [0.15, 0.2) is 71.5 Å². The number of ether oxygens (including phenoxy) is 2. The maximum Gasteiger partial charge on any atom is 0.282 e. The second-order valence-electron chi connectivity index (χ2n) is 7.44. The zero-order valence-corrected chi connectivity index (χ0v) is 18.2. The quantitative estimate of drug-likeness (QED) is 0.496. The van der Waals surface area contributed by atoms with E-state index in [1.54, 1.807) is 43.4 Å². The Morgan fingerprint density at radius 3 is 2.73 bits per heavy atom. The Balaban J connectivity index is 1.66. The van der Waals surface area contributed by atoms with Crippen LogP contribution in [0.3, 0.4) is 0 Å². The number of hydrogen-bond donors (Lipinski definition) is 1. The molecule has 7 nitrogen and oxygen atoms in total. The fourth-order valence-corrected chi connectivity index (χ4v) is 3.49. The lowest BCUT2D eigenvalue weighted by Crippen LogP contribution is -2.38. The van der Waals surface area contributed by atoms with Crippen molar-refractivity contribution in [2.75, 3.05) is 7.11 Å². The van der Waals surface area contributed by atoms with Gasteiger partial charge in [0.25, 0.3) is 5.91 Å². The average Bonchev–Trinajstić information content (AvgIpc) is 3.17. The van der Waals surface area contributed by atoms with E-state index in [-0.39, 0.29) is 29.7 Å². The molecule has 8 heteroatoms. The standard InChI is InChI=1S/C25H22FN3O4/c1-4-5-18-11-17(12-20-24(27)29-22(28-25(20)30)10-15(2)33-29)13-21(31-3)23(18)32-14-16-6-8-19(26)9-7-16/h4,6-13,27H,1,5,14H2,2-3H3/b20-12-,27-24?. The molecule has 1 N–H and O–H groups in total. The molecule has 0 radical (unpaired) electrons. The van der Waals surface area contributed by atoms with Gasteiger partial charge in [0.05, 0.1) is 12.7 Å². The highest BCUT2D eigenvalue weighted by atomic mass is 19.1. The van der Waals surface area contributed by atoms with Crippen LogP contribution in [0.2, 0.25) is 0 Å². The van der Waals surface area contributed by atoms with Crippen molar-refractivity contribution in [1.29, 1.82) is 5.41 Å². The third-order valence-corrected chi connectivity index (χ3v) is 5.03. The minimum Gasteiger partial charge on any atom is -0.493 e. The molecule has 168 valence electrons. The topological polar surface area (TPSA) is 84.2 Å². The van der Waals surface area contributed by atoms with Gasteiger partial charge >= 0.3 is 0 Å². The number of allylic oxidation sites excluding steroid dienone is 2. The largest absolute Gasteiger partial charge is 0.493 e. The SMILES string of the molecule is C=CCc1cc(/C=C2/C(=N)N3OC(C)=CC3=NC2=O)cc(OC)c1OCc1ccc(F)cc1. The Labute approximate surface area is 190 Å². The first kappa shape index (κ1) is 22.0. The Bertz CT molecular complexity index is 1230. The summed E-state index contributed by atoms with van der Waals surface area (Å²) in [6.45, 7) is 5.75. The normalized spacial score (nSPS) is 16.2. The van der Waals surface area contributed by atoms with E-state index in [0.29, 0.717) is 29.2 Å². The van der Waals surface area contributed by atoms with Crippen LogP contribution in [0.4, 0.5) is 4.39 Å². The van der Waals surface area contributed by atoms with Gasteiger partial charge in [0.1, 0.15) is 18.2 Å². The molecule has 2 aliphatic rings. The van der Waals surface area contributed by atoms with Crippen molar-refractivity contribution in [3.63, 3.8) is 0 Å². The van der Waals surface area contributed by atoms with E-state index in [2.05, 4.69) is 11.6 Å². The van der Waals surface area contributed by atoms with Crippen LogP contribution in [0, 0.1) is 11.2 Å². The fourth-order valence-electron chi connectivity index (χ4n) is 3.49. The van der Waals surface area contributed by atoms with Gasteiger partial charge in [0.15, 0.2) is 23.2 Å². The predicted octanol–water partition coefficient (Wildman–Crippen LogP) is 4.59. The number of halogens is 1. The zero-order chi connectivity index (χ0) is 23.5. The number of fused-ring (bicyclic) bond motifs is 1. The number of rotatable bonds is 7. The number of amides is 1. The van der Waals surface area contributed by atoms with Gasteiger partial charge in [0.2, 0.25) is 0 Å². The van der Waals surface area contributed by atoms with E-state index in [1.165, 1.54) is 24.3 Å². The first-order valence-corrected chi connectivity index (χ1v) is 10.2. The molecule has 0 aromatic heterocycles. The first-order valence-electron chi connectivity index (χ1n) is 10.2. The van der Waals surface area contributed by atoms with E-state index in [1.807, 2.05) is 6.07 Å². The number of amidine groups is 2. The van der Waals surface area contributed by atoms with Crippen LogP contribution in [0.5, 0.6) is 11.5 Å². The third kappa shape index (κ3) is 4.55. The van der Waals surface area contributed by atoms with Crippen LogP contribution in [0.1, 0.15) is 23.6 Å². The summed E-state index contributed by atoms with van der Waals surface area (Å²) in [5, 5.41) is 9.61. The van der Waals surface area contributed by atoms with Crippen molar-refractivity contribution >= 4 is 23.7 Å². The molecule has 4 rings (SSSR count). The van der Waals surface area contributed by atoms with Gasteiger partial charge in [-0.2, -0.15) is 4.99 Å². The summed E-state index contributed by atoms with van der Waals surface area (Å²) in [5.74, 6) is 0.875. The van der Waals surface area contributed by atoms with Gasteiger partial charge in [-0.1, -0.05) is 18.2 Å². The van der Waals surface area contributed by atoms with Gasteiger partial charge in [-0.05, 0) is 54.8 Å². The Hall–Kier alpha value is -4.20. The van der Waals surface area contributed by atoms with E-state index in [4.69, 9.17) is 19.7 Å². The van der Waals surface area contributed by atoms with E-state index in [9.17, 15) is 9.18 Å². The van der Waals surface area contributed by atoms with Crippen LogP contribution >= 0.6 is 0 Å². The molecule has 2 aromatic rings. The molecular weight excluding hydrogens is 425 g/mol. The Morgan fingerprint density at radius 2 is 2.03 bits per heavy atom. The van der Waals surface area contributed by atoms with E-state index in [0.717, 1.165) is 11.1 Å². The van der Waals surface area contributed by atoms with Crippen molar-refractivity contribution in [3.8, 4) is 11.5 Å². The summed E-state index contributed by atoms with van der Waals surface area (Å²) in [7, 11) is 1.52. The Morgan fingerprint density at radius 1 is 1.27 bits per heavy atom. The lowest BCUT2D eigenvalue weighted by Gasteiger charge is -2.23. The van der Waals surface area contributed by atoms with Gasteiger partial charge in [-0.3, -0.25) is 10.2 Å². The van der Waals surface area contributed by atoms with Crippen LogP contribution in [0.25, 0.3) is 6.08 Å². The molecule has 1 amide bonds. The second-order valence-corrected chi connectivity index (χ2v) is 7.44. The number of methoxy groups -OCH3 is 1. The molecule has 2 heterocycles. The molecule has 0 saturated heterocycles. The summed E-state index contributed by atoms with van der Waals surface area (Å²) in [5.41, 5.74) is 2.31. The number of aliphatic imine (C=N–C) groups is 1. The van der Waals surface area contributed by atoms with Crippen LogP contribution in [-0.2, 0) is 22.7 Å². The van der Waals surface area contributed by atoms with Crippen molar-refractivity contribution in [1.82, 2.24) is 5.06 Å². The summed E-state index contributed by atoms with van der Waals surface area (Å²) >= 11 is 0. The minimum atomic E-state index is -0.526. The number of nitrogens with one attached hydrogen (secondary N) is 1. The number of hydrogen-bond acceptors (Lipinski definition) is 5. The molecule has 0 atom stereocenters. The molecule has 0 saturated carbocycles. The molecule has 2 aliphatic heterocycles. The molecule has 33 heavy (non-hydrogen) atoms. The predicted molar refractivity (Wildman–Crippen MR) is 122 cm³/mol. The number of nitrogens with zero attached hydrogens (tertiary/aromatic N) is 2. The third-order valence-electron chi connectivity index (χ3n) is 5.03. The van der Waals surface area contributed by atoms with E-state index < -0.39 is 5.91 Å². The molecule has 0 aliphatic carbocycles. The number of carbonyl (C=O) groups is 1. The first-order chi connectivity index (χ1) is 15.9. The van der Waals surface area contributed by atoms with Crippen LogP contribution < -0.4 is 9.47 Å². The average molecular weight is 447 g/mol. The number of carbonyl (C=O) groups excluding carboxylic acids is 1. The monoisotopic (exact) mass is 447 g/mol. The van der Waals surface area contributed by atoms with Crippen LogP contribution in [-0.4, -0.2) is 29.8 Å². The van der Waals surface area contributed by atoms with Crippen molar-refractivity contribution in [3.05, 3.63) is 89.0 Å². The van der Waals surface area contributed by atoms with Crippen molar-refractivity contribution in [2.24, 2.45) is 4.99 Å². The van der Waals surface area contributed by atoms with Crippen molar-refractivity contribution in [2.45, 2.75) is 20.0 Å². The molecule has 2 aromatic carbocycles. The zero-order valence-electron chi connectivity index (χ0n) is 18.2. The number of benzene rings is 2. The fraction of sp³-hybridized carbons (Fsp3) is 0.160. The molecule has 0 bridgehead atoms. The highest BCUT2D eigenvalue weighted by molar-refractivity contribution is 6.32. The van der Waals surface area contributed by atoms with Gasteiger partial charge in [-0.25, -0.2) is 4.39 Å². The molecule has 0 fully saturated rings. The van der Waals surface area contributed by atoms with Gasteiger partial charge in [-0.15, -0.1) is 11.6 Å². The lowest BCUT2D eigenvalue weighted by molar-refractivity contribution is -0.114. The molecule has 0 unspecified atom stereocenters. The minimum absolute atomic E-state index is 0.0911. The van der Waals surface area contributed by atoms with Gasteiger partial charge in [0, 0.05) is 11.6 Å². The maximum absolute atomic E-state index is 13.2. The highest BCUT2D eigenvalue weighted by Crippen LogP contribution is 2.35. The maximum atomic E-state index is 13.2. The summed E-state index contributed by atoms with van der Waals surface area (Å²) < 4.78 is 24.7. The van der Waals surface area contributed by atoms with Crippen molar-refractivity contribution < 1.29 is 23.5 Å². The summed E-state index contributed by atoms with van der Waals surface area (Å²) in [4.78, 5) is 22.0. The summed E-state index contributed by atoms with van der Waals surface area (Å²) in [6, 6.07) is 9.61. The van der Waals surface area contributed by atoms with E-state index >= 15 is 0 Å². The summed E-state index contributed by atoms with van der Waals surface area (Å²) in [6.07, 6.45) is 5.38. The smallest absolute Gasteiger partial charge is 0.282 e. The molecule has 0 spiro atoms. The lowest BCUT2D eigenvalue weighted by atomic mass is 10.0. The molecular formula is C25H22FN3O4. The number of hydroxylamine groups is 2.